The summed E-state index contributed by atoms with van der Waals surface area (Å²) in [7, 11) is 0. The summed E-state index contributed by atoms with van der Waals surface area (Å²) in [5.74, 6) is 1.11. The zero-order valence-corrected chi connectivity index (χ0v) is 6.13. The van der Waals surface area contributed by atoms with Gasteiger partial charge in [0, 0.05) is 11.8 Å². The molecule has 0 aliphatic rings. The highest BCUT2D eigenvalue weighted by atomic mass is 35.5. The van der Waals surface area contributed by atoms with Crippen LogP contribution in [0.3, 0.4) is 0 Å². The van der Waals surface area contributed by atoms with Crippen LogP contribution >= 0.6 is 48.0 Å². The monoisotopic (exact) mass is 170 g/mol. The van der Waals surface area contributed by atoms with Gasteiger partial charge in [0.2, 0.25) is 0 Å². The first-order chi connectivity index (χ1) is 1.91. The Morgan fingerprint density at radius 2 is 1.00 bits per heavy atom. The van der Waals surface area contributed by atoms with Gasteiger partial charge in [0.25, 0.3) is 0 Å². The van der Waals surface area contributed by atoms with Crippen LogP contribution in [0.5, 0.6) is 0 Å². The van der Waals surface area contributed by atoms with Crippen LogP contribution in [0.4, 0.5) is 0 Å². The molecule has 0 aromatic rings. The van der Waals surface area contributed by atoms with E-state index in [1.807, 2.05) is 0 Å². The Morgan fingerprint density at radius 1 is 0.833 bits per heavy atom. The maximum absolute atomic E-state index is 5.05. The topological polar surface area (TPSA) is 0 Å². The van der Waals surface area contributed by atoms with Crippen molar-refractivity contribution in [1.29, 1.82) is 0 Å². The molecule has 0 heterocycles. The maximum atomic E-state index is 5.05. The molecular formula is C2H6Cl4. The lowest BCUT2D eigenvalue weighted by atomic mass is 11.0. The Balaban J connectivity index is -0.0000000450. The van der Waals surface area contributed by atoms with Gasteiger partial charge in [-0.3, -0.25) is 0 Å². The van der Waals surface area contributed by atoms with Gasteiger partial charge in [0.15, 0.2) is 0 Å². The van der Waals surface area contributed by atoms with E-state index in [0.717, 1.165) is 0 Å². The Morgan fingerprint density at radius 3 is 1.00 bits per heavy atom. The normalized spacial score (nSPS) is 5.00. The van der Waals surface area contributed by atoms with E-state index in [-0.39, 0.29) is 24.8 Å². The average Bonchev–Trinajstić information content (AvgIpc) is 1.37. The van der Waals surface area contributed by atoms with Crippen molar-refractivity contribution in [2.24, 2.45) is 0 Å². The third-order valence-corrected chi connectivity index (χ3v) is 0.643. The first kappa shape index (κ1) is 15.7. The van der Waals surface area contributed by atoms with Crippen molar-refractivity contribution in [1.82, 2.24) is 0 Å². The molecule has 0 rings (SSSR count). The van der Waals surface area contributed by atoms with Crippen molar-refractivity contribution < 1.29 is 0 Å². The van der Waals surface area contributed by atoms with Crippen LogP contribution in [0.2, 0.25) is 0 Å². The number of halogens is 4. The fraction of sp³-hybridized carbons (Fsp3) is 1.00. The Bertz CT molecular complexity index is 7.51. The predicted octanol–water partition coefficient (Wildman–Crippen LogP) is 2.31. The lowest BCUT2D eigenvalue weighted by Crippen LogP contribution is -1.63. The lowest BCUT2D eigenvalue weighted by Gasteiger charge is -1.63. The highest BCUT2D eigenvalue weighted by Crippen LogP contribution is 1.75. The standard InChI is InChI=1S/C2H4Cl2.2ClH/c3-1-2-4;;/h1-2H2;2*1H. The van der Waals surface area contributed by atoms with Gasteiger partial charge in [-0.25, -0.2) is 0 Å². The molecular weight excluding hydrogens is 166 g/mol. The van der Waals surface area contributed by atoms with Crippen molar-refractivity contribution in [2.75, 3.05) is 11.8 Å². The van der Waals surface area contributed by atoms with E-state index >= 15 is 0 Å². The van der Waals surface area contributed by atoms with E-state index < -0.39 is 0 Å². The molecule has 0 unspecified atom stereocenters. The fourth-order valence-electron chi connectivity index (χ4n) is 0. The van der Waals surface area contributed by atoms with E-state index in [0.29, 0.717) is 11.8 Å². The lowest BCUT2D eigenvalue weighted by molar-refractivity contribution is 1.52. The van der Waals surface area contributed by atoms with E-state index in [9.17, 15) is 0 Å². The van der Waals surface area contributed by atoms with Crippen LogP contribution in [-0.2, 0) is 0 Å². The summed E-state index contributed by atoms with van der Waals surface area (Å²) in [4.78, 5) is 0. The van der Waals surface area contributed by atoms with Crippen LogP contribution < -0.4 is 0 Å². The van der Waals surface area contributed by atoms with Gasteiger partial charge in [-0.05, 0) is 0 Å². The SMILES string of the molecule is Cl.Cl.ClCCCl. The molecule has 0 fully saturated rings. The molecule has 0 aromatic carbocycles. The van der Waals surface area contributed by atoms with Gasteiger partial charge in [0.05, 0.1) is 0 Å². The highest BCUT2D eigenvalue weighted by Gasteiger charge is 1.61. The minimum Gasteiger partial charge on any atom is -0.147 e. The Kier molecular flexibility index (Phi) is 43.0. The van der Waals surface area contributed by atoms with Gasteiger partial charge in [-0.1, -0.05) is 0 Å². The fourth-order valence-corrected chi connectivity index (χ4v) is 0. The van der Waals surface area contributed by atoms with Crippen molar-refractivity contribution in [3.63, 3.8) is 0 Å². The first-order valence-corrected chi connectivity index (χ1v) is 2.10. The summed E-state index contributed by atoms with van der Waals surface area (Å²) in [6.07, 6.45) is 0. The third-order valence-electron chi connectivity index (χ3n) is 0.0714. The molecule has 4 heteroatoms. The summed E-state index contributed by atoms with van der Waals surface area (Å²) in [6, 6.07) is 0. The maximum Gasteiger partial charge on any atom is 0.0359 e. The number of hydrogen-bond donors (Lipinski definition) is 0. The van der Waals surface area contributed by atoms with E-state index in [1.54, 1.807) is 0 Å². The van der Waals surface area contributed by atoms with Gasteiger partial charge in [-0.2, -0.15) is 0 Å². The van der Waals surface area contributed by atoms with Gasteiger partial charge >= 0.3 is 0 Å². The zero-order valence-electron chi connectivity index (χ0n) is 2.99. The molecule has 0 atom stereocenters. The summed E-state index contributed by atoms with van der Waals surface area (Å²) in [5.41, 5.74) is 0. The molecule has 0 aliphatic heterocycles. The predicted molar refractivity (Wildman–Crippen MR) is 35.9 cm³/mol. The van der Waals surface area contributed by atoms with Crippen LogP contribution in [0.15, 0.2) is 0 Å². The number of hydrogen-bond acceptors (Lipinski definition) is 0. The first-order valence-electron chi connectivity index (χ1n) is 1.03. The minimum absolute atomic E-state index is 0. The second kappa shape index (κ2) is 16.4. The molecule has 0 spiro atoms. The molecule has 0 N–H and O–H groups in total. The summed E-state index contributed by atoms with van der Waals surface area (Å²) >= 11 is 10.1. The van der Waals surface area contributed by atoms with Crippen molar-refractivity contribution in [2.45, 2.75) is 0 Å². The van der Waals surface area contributed by atoms with Crippen LogP contribution in [0.1, 0.15) is 0 Å². The van der Waals surface area contributed by atoms with Gasteiger partial charge < -0.3 is 0 Å². The summed E-state index contributed by atoms with van der Waals surface area (Å²) in [5, 5.41) is 0. The molecule has 0 saturated carbocycles. The smallest absolute Gasteiger partial charge is 0.0359 e. The van der Waals surface area contributed by atoms with Gasteiger partial charge in [0.1, 0.15) is 0 Å². The van der Waals surface area contributed by atoms with Gasteiger partial charge in [-0.15, -0.1) is 48.0 Å². The quantitative estimate of drug-likeness (QED) is 0.532. The van der Waals surface area contributed by atoms with Crippen molar-refractivity contribution >= 4 is 48.0 Å². The van der Waals surface area contributed by atoms with E-state index in [4.69, 9.17) is 23.2 Å². The van der Waals surface area contributed by atoms with Crippen molar-refractivity contribution in [3.05, 3.63) is 0 Å². The Hall–Kier alpha value is 1.16. The molecule has 6 heavy (non-hydrogen) atoms. The number of rotatable bonds is 1. The average molecular weight is 172 g/mol. The van der Waals surface area contributed by atoms with Crippen LogP contribution in [-0.4, -0.2) is 11.8 Å². The van der Waals surface area contributed by atoms with Crippen molar-refractivity contribution in [3.8, 4) is 0 Å². The molecule has 0 radical (unpaired) electrons. The third kappa shape index (κ3) is 19.1. The molecule has 0 aromatic heterocycles. The molecule has 0 bridgehead atoms. The summed E-state index contributed by atoms with van der Waals surface area (Å²) in [6.45, 7) is 0. The van der Waals surface area contributed by atoms with Crippen LogP contribution in [0, 0.1) is 0 Å². The molecule has 42 valence electrons. The van der Waals surface area contributed by atoms with Crippen LogP contribution in [0.25, 0.3) is 0 Å². The number of alkyl halides is 2. The summed E-state index contributed by atoms with van der Waals surface area (Å²) < 4.78 is 0. The molecule has 0 aliphatic carbocycles. The van der Waals surface area contributed by atoms with E-state index in [1.165, 1.54) is 0 Å². The molecule has 0 saturated heterocycles. The second-order valence-corrected chi connectivity index (χ2v) is 1.13. The van der Waals surface area contributed by atoms with E-state index in [2.05, 4.69) is 0 Å². The highest BCUT2D eigenvalue weighted by molar-refractivity contribution is 6.25. The molecule has 0 amide bonds. The zero-order chi connectivity index (χ0) is 3.41. The molecule has 0 nitrogen and oxygen atoms in total. The Labute approximate surface area is 60.0 Å². The minimum atomic E-state index is 0. The second-order valence-electron chi connectivity index (χ2n) is 0.378. The largest absolute Gasteiger partial charge is 0.147 e.